The summed E-state index contributed by atoms with van der Waals surface area (Å²) in [6.45, 7) is 1.97. The van der Waals surface area contributed by atoms with Crippen molar-refractivity contribution < 1.29 is 9.53 Å². The highest BCUT2D eigenvalue weighted by molar-refractivity contribution is 5.76. The first-order valence-electron chi connectivity index (χ1n) is 5.88. The standard InChI is InChI=1S/C15H15NO3/c1-10-4-7-14(19-3)12(8-10)13-6-5-11(9-17)15(18)16(13)2/h4-9H,1-3H3. The summed E-state index contributed by atoms with van der Waals surface area (Å²) in [6, 6.07) is 9.05. The second-order valence-corrected chi connectivity index (χ2v) is 4.36. The number of aldehydes is 1. The maximum absolute atomic E-state index is 12.0. The summed E-state index contributed by atoms with van der Waals surface area (Å²) in [5.74, 6) is 0.694. The smallest absolute Gasteiger partial charge is 0.261 e. The van der Waals surface area contributed by atoms with Crippen molar-refractivity contribution in [2.75, 3.05) is 7.11 Å². The molecule has 0 saturated carbocycles. The molecule has 0 radical (unpaired) electrons. The van der Waals surface area contributed by atoms with Gasteiger partial charge in [0, 0.05) is 12.6 Å². The fourth-order valence-corrected chi connectivity index (χ4v) is 2.04. The Balaban J connectivity index is 2.72. The molecule has 0 N–H and O–H groups in total. The lowest BCUT2D eigenvalue weighted by Gasteiger charge is -2.13. The van der Waals surface area contributed by atoms with Gasteiger partial charge in [0.05, 0.1) is 18.4 Å². The van der Waals surface area contributed by atoms with Gasteiger partial charge in [0.15, 0.2) is 6.29 Å². The molecule has 98 valence electrons. The SMILES string of the molecule is COc1ccc(C)cc1-c1ccc(C=O)c(=O)n1C. The second kappa shape index (κ2) is 5.10. The normalized spacial score (nSPS) is 10.3. The number of methoxy groups -OCH3 is 1. The Morgan fingerprint density at radius 3 is 2.58 bits per heavy atom. The number of aryl methyl sites for hydroxylation is 1. The van der Waals surface area contributed by atoms with Crippen molar-refractivity contribution in [3.05, 3.63) is 51.8 Å². The van der Waals surface area contributed by atoms with E-state index in [0.29, 0.717) is 12.0 Å². The zero-order chi connectivity index (χ0) is 14.0. The van der Waals surface area contributed by atoms with Crippen LogP contribution >= 0.6 is 0 Å². The third-order valence-corrected chi connectivity index (χ3v) is 3.09. The molecule has 0 spiro atoms. The number of pyridine rings is 1. The maximum Gasteiger partial charge on any atom is 0.261 e. The van der Waals surface area contributed by atoms with Gasteiger partial charge in [-0.3, -0.25) is 9.59 Å². The lowest BCUT2D eigenvalue weighted by atomic mass is 10.1. The van der Waals surface area contributed by atoms with Crippen LogP contribution < -0.4 is 10.3 Å². The van der Waals surface area contributed by atoms with E-state index >= 15 is 0 Å². The van der Waals surface area contributed by atoms with Gasteiger partial charge in [0.2, 0.25) is 0 Å². The highest BCUT2D eigenvalue weighted by atomic mass is 16.5. The van der Waals surface area contributed by atoms with Crippen LogP contribution in [0.3, 0.4) is 0 Å². The number of ether oxygens (including phenoxy) is 1. The first kappa shape index (κ1) is 13.1. The Kier molecular flexibility index (Phi) is 3.51. The van der Waals surface area contributed by atoms with E-state index in [1.54, 1.807) is 20.2 Å². The number of hydrogen-bond acceptors (Lipinski definition) is 3. The van der Waals surface area contributed by atoms with Gasteiger partial charge in [-0.05, 0) is 31.2 Å². The molecule has 0 fully saturated rings. The highest BCUT2D eigenvalue weighted by Crippen LogP contribution is 2.29. The average Bonchev–Trinajstić information content (AvgIpc) is 2.42. The Hall–Kier alpha value is -2.36. The van der Waals surface area contributed by atoms with Crippen LogP contribution in [0.25, 0.3) is 11.3 Å². The van der Waals surface area contributed by atoms with Crippen molar-refractivity contribution in [3.63, 3.8) is 0 Å². The minimum absolute atomic E-state index is 0.151. The van der Waals surface area contributed by atoms with Crippen LogP contribution in [0.5, 0.6) is 5.75 Å². The number of benzene rings is 1. The molecule has 1 aromatic heterocycles. The van der Waals surface area contributed by atoms with E-state index in [2.05, 4.69) is 0 Å². The molecule has 0 unspecified atom stereocenters. The van der Waals surface area contributed by atoms with Crippen LogP contribution in [0.2, 0.25) is 0 Å². The predicted molar refractivity (Wildman–Crippen MR) is 73.8 cm³/mol. The third-order valence-electron chi connectivity index (χ3n) is 3.09. The number of carbonyl (C=O) groups is 1. The predicted octanol–water partition coefficient (Wildman–Crippen LogP) is 2.18. The largest absolute Gasteiger partial charge is 0.496 e. The van der Waals surface area contributed by atoms with E-state index in [9.17, 15) is 9.59 Å². The van der Waals surface area contributed by atoms with Crippen molar-refractivity contribution in [2.45, 2.75) is 6.92 Å². The third kappa shape index (κ3) is 2.29. The lowest BCUT2D eigenvalue weighted by molar-refractivity contribution is 0.112. The topological polar surface area (TPSA) is 48.3 Å². The Labute approximate surface area is 111 Å². The zero-order valence-corrected chi connectivity index (χ0v) is 11.1. The maximum atomic E-state index is 12.0. The summed E-state index contributed by atoms with van der Waals surface area (Å²) in [4.78, 5) is 22.7. The van der Waals surface area contributed by atoms with E-state index in [1.165, 1.54) is 10.6 Å². The van der Waals surface area contributed by atoms with Gasteiger partial charge in [0.25, 0.3) is 5.56 Å². The number of rotatable bonds is 3. The Bertz CT molecular complexity index is 686. The van der Waals surface area contributed by atoms with Gasteiger partial charge < -0.3 is 9.30 Å². The summed E-state index contributed by atoms with van der Waals surface area (Å²) in [5, 5.41) is 0. The molecule has 0 atom stereocenters. The van der Waals surface area contributed by atoms with Crippen molar-refractivity contribution in [1.29, 1.82) is 0 Å². The molecule has 2 rings (SSSR count). The van der Waals surface area contributed by atoms with Crippen LogP contribution in [-0.4, -0.2) is 18.0 Å². The molecule has 0 amide bonds. The van der Waals surface area contributed by atoms with Crippen LogP contribution in [0.1, 0.15) is 15.9 Å². The zero-order valence-electron chi connectivity index (χ0n) is 11.1. The summed E-state index contributed by atoms with van der Waals surface area (Å²) in [5.41, 5.74) is 2.47. The monoisotopic (exact) mass is 257 g/mol. The van der Waals surface area contributed by atoms with Crippen molar-refractivity contribution in [1.82, 2.24) is 4.57 Å². The molecule has 4 heteroatoms. The van der Waals surface area contributed by atoms with Crippen molar-refractivity contribution in [2.24, 2.45) is 7.05 Å². The molecule has 19 heavy (non-hydrogen) atoms. The molecule has 2 aromatic rings. The number of hydrogen-bond donors (Lipinski definition) is 0. The molecule has 0 bridgehead atoms. The van der Waals surface area contributed by atoms with Gasteiger partial charge >= 0.3 is 0 Å². The summed E-state index contributed by atoms with van der Waals surface area (Å²) in [7, 11) is 3.23. The van der Waals surface area contributed by atoms with Crippen LogP contribution in [-0.2, 0) is 7.05 Å². The quantitative estimate of drug-likeness (QED) is 0.792. The molecular weight excluding hydrogens is 242 g/mol. The molecule has 0 aliphatic carbocycles. The molecule has 0 aliphatic heterocycles. The summed E-state index contributed by atoms with van der Waals surface area (Å²) >= 11 is 0. The fraction of sp³-hybridized carbons (Fsp3) is 0.200. The van der Waals surface area contributed by atoms with Crippen molar-refractivity contribution >= 4 is 6.29 Å². The van der Waals surface area contributed by atoms with Gasteiger partial charge in [-0.1, -0.05) is 11.6 Å². The number of nitrogens with zero attached hydrogens (tertiary/aromatic N) is 1. The Morgan fingerprint density at radius 1 is 1.21 bits per heavy atom. The van der Waals surface area contributed by atoms with Crippen LogP contribution in [0.15, 0.2) is 35.1 Å². The molecule has 0 saturated heterocycles. The van der Waals surface area contributed by atoms with E-state index < -0.39 is 0 Å². The van der Waals surface area contributed by atoms with E-state index in [1.807, 2.05) is 25.1 Å². The minimum Gasteiger partial charge on any atom is -0.496 e. The number of carbonyl (C=O) groups excluding carboxylic acids is 1. The van der Waals surface area contributed by atoms with Crippen LogP contribution in [0.4, 0.5) is 0 Å². The van der Waals surface area contributed by atoms with Gasteiger partial charge in [-0.15, -0.1) is 0 Å². The van der Waals surface area contributed by atoms with Gasteiger partial charge in [0.1, 0.15) is 5.75 Å². The second-order valence-electron chi connectivity index (χ2n) is 4.36. The molecule has 0 aliphatic rings. The molecule has 4 nitrogen and oxygen atoms in total. The number of aromatic nitrogens is 1. The van der Waals surface area contributed by atoms with E-state index in [0.717, 1.165) is 16.8 Å². The molecule has 1 heterocycles. The Morgan fingerprint density at radius 2 is 1.95 bits per heavy atom. The summed E-state index contributed by atoms with van der Waals surface area (Å²) in [6.07, 6.45) is 0.569. The van der Waals surface area contributed by atoms with Crippen molar-refractivity contribution in [3.8, 4) is 17.0 Å². The van der Waals surface area contributed by atoms with E-state index in [4.69, 9.17) is 4.74 Å². The highest BCUT2D eigenvalue weighted by Gasteiger charge is 2.11. The average molecular weight is 257 g/mol. The van der Waals surface area contributed by atoms with Gasteiger partial charge in [-0.2, -0.15) is 0 Å². The first-order valence-corrected chi connectivity index (χ1v) is 5.88. The van der Waals surface area contributed by atoms with E-state index in [-0.39, 0.29) is 11.1 Å². The fourth-order valence-electron chi connectivity index (χ4n) is 2.04. The van der Waals surface area contributed by atoms with Crippen LogP contribution in [0, 0.1) is 6.92 Å². The van der Waals surface area contributed by atoms with Gasteiger partial charge in [-0.25, -0.2) is 0 Å². The summed E-state index contributed by atoms with van der Waals surface area (Å²) < 4.78 is 6.78. The molecular formula is C15H15NO3. The minimum atomic E-state index is -0.309. The molecule has 1 aromatic carbocycles. The first-order chi connectivity index (χ1) is 9.08. The lowest BCUT2D eigenvalue weighted by Crippen LogP contribution is -2.22.